The molecule has 2 N–H and O–H groups in total. The lowest BCUT2D eigenvalue weighted by atomic mass is 9.88. The lowest BCUT2D eigenvalue weighted by Crippen LogP contribution is -2.30. The van der Waals surface area contributed by atoms with Gasteiger partial charge in [0, 0.05) is 12.8 Å². The lowest BCUT2D eigenvalue weighted by molar-refractivity contribution is 0.0139. The minimum atomic E-state index is -0.641. The van der Waals surface area contributed by atoms with Gasteiger partial charge in [-0.2, -0.15) is 0 Å². The van der Waals surface area contributed by atoms with Gasteiger partial charge in [-0.3, -0.25) is 0 Å². The molecule has 1 aliphatic carbocycles. The zero-order valence-electron chi connectivity index (χ0n) is 5.88. The summed E-state index contributed by atoms with van der Waals surface area (Å²) in [5.41, 5.74) is 1.72. The van der Waals surface area contributed by atoms with E-state index in [0.29, 0.717) is 12.8 Å². The monoisotopic (exact) mass is 140 g/mol. The zero-order valence-corrected chi connectivity index (χ0v) is 5.88. The molecule has 1 saturated carbocycles. The van der Waals surface area contributed by atoms with Crippen molar-refractivity contribution >= 4 is 0 Å². The predicted octanol–water partition coefficient (Wildman–Crippen LogP) is 0.614. The van der Waals surface area contributed by atoms with Gasteiger partial charge >= 0.3 is 0 Å². The summed E-state index contributed by atoms with van der Waals surface area (Å²) in [4.78, 5) is 0. The van der Waals surface area contributed by atoms with E-state index in [1.165, 1.54) is 0 Å². The van der Waals surface area contributed by atoms with Crippen molar-refractivity contribution in [1.82, 2.24) is 0 Å². The van der Waals surface area contributed by atoms with Crippen LogP contribution in [0.2, 0.25) is 0 Å². The molecule has 2 nitrogen and oxygen atoms in total. The third-order valence-electron chi connectivity index (χ3n) is 1.86. The van der Waals surface area contributed by atoms with Crippen LogP contribution in [0.25, 0.3) is 0 Å². The highest BCUT2D eigenvalue weighted by Gasteiger charge is 2.24. The molecule has 1 rings (SSSR count). The van der Waals surface area contributed by atoms with Gasteiger partial charge in [-0.1, -0.05) is 13.2 Å². The molecule has 0 heterocycles. The van der Waals surface area contributed by atoms with E-state index in [-0.39, 0.29) is 0 Å². The summed E-state index contributed by atoms with van der Waals surface area (Å²) in [6.07, 6.45) is -0.365. The quantitative estimate of drug-likeness (QED) is 0.517. The molecular formula is C8H12O2. The number of aliphatic hydroxyl groups excluding tert-OH is 2. The van der Waals surface area contributed by atoms with E-state index in [1.807, 2.05) is 0 Å². The van der Waals surface area contributed by atoms with E-state index in [4.69, 9.17) is 10.2 Å². The van der Waals surface area contributed by atoms with Gasteiger partial charge in [0.05, 0.1) is 12.2 Å². The van der Waals surface area contributed by atoms with Crippen molar-refractivity contribution in [2.45, 2.75) is 25.0 Å². The molecule has 56 valence electrons. The van der Waals surface area contributed by atoms with Gasteiger partial charge < -0.3 is 10.2 Å². The molecule has 2 atom stereocenters. The Morgan fingerprint density at radius 3 is 1.60 bits per heavy atom. The molecule has 0 saturated heterocycles. The Morgan fingerprint density at radius 1 is 1.00 bits per heavy atom. The maximum Gasteiger partial charge on any atom is 0.0842 e. The van der Waals surface area contributed by atoms with E-state index in [2.05, 4.69) is 13.2 Å². The molecule has 0 aromatic rings. The van der Waals surface area contributed by atoms with E-state index in [0.717, 1.165) is 11.1 Å². The summed E-state index contributed by atoms with van der Waals surface area (Å²) in [5, 5.41) is 18.2. The first-order chi connectivity index (χ1) is 4.61. The van der Waals surface area contributed by atoms with Crippen LogP contribution in [-0.4, -0.2) is 22.4 Å². The third-order valence-corrected chi connectivity index (χ3v) is 1.86. The van der Waals surface area contributed by atoms with Crippen LogP contribution in [0.5, 0.6) is 0 Å². The Morgan fingerprint density at radius 2 is 1.30 bits per heavy atom. The first kappa shape index (κ1) is 7.51. The van der Waals surface area contributed by atoms with Crippen LogP contribution in [0.4, 0.5) is 0 Å². The van der Waals surface area contributed by atoms with Crippen LogP contribution in [-0.2, 0) is 0 Å². The standard InChI is InChI=1S/C8H12O2/c1-5-3-7(9)8(10)4-6(5)2/h7-10H,1-4H2. The summed E-state index contributed by atoms with van der Waals surface area (Å²) in [5.74, 6) is 0. The van der Waals surface area contributed by atoms with E-state index < -0.39 is 12.2 Å². The van der Waals surface area contributed by atoms with Gasteiger partial charge in [0.1, 0.15) is 0 Å². The molecule has 0 aromatic heterocycles. The maximum absolute atomic E-state index is 9.11. The highest BCUT2D eigenvalue weighted by Crippen LogP contribution is 2.26. The van der Waals surface area contributed by atoms with E-state index in [9.17, 15) is 0 Å². The molecule has 2 unspecified atom stereocenters. The average Bonchev–Trinajstić information content (AvgIpc) is 1.84. The fourth-order valence-electron chi connectivity index (χ4n) is 1.07. The molecule has 0 radical (unpaired) electrons. The minimum Gasteiger partial charge on any atom is -0.390 e. The first-order valence-corrected chi connectivity index (χ1v) is 3.33. The van der Waals surface area contributed by atoms with Crippen molar-refractivity contribution in [2.24, 2.45) is 0 Å². The molecule has 0 amide bonds. The van der Waals surface area contributed by atoms with Crippen molar-refractivity contribution < 1.29 is 10.2 Å². The second kappa shape index (κ2) is 2.56. The van der Waals surface area contributed by atoms with Gasteiger partial charge in [-0.15, -0.1) is 0 Å². The molecule has 1 fully saturated rings. The van der Waals surface area contributed by atoms with Gasteiger partial charge in [0.15, 0.2) is 0 Å². The molecule has 2 heteroatoms. The van der Waals surface area contributed by atoms with Gasteiger partial charge in [0.2, 0.25) is 0 Å². The minimum absolute atomic E-state index is 0.458. The molecule has 0 aromatic carbocycles. The summed E-state index contributed by atoms with van der Waals surface area (Å²) >= 11 is 0. The largest absolute Gasteiger partial charge is 0.390 e. The summed E-state index contributed by atoms with van der Waals surface area (Å²) in [6, 6.07) is 0. The molecular weight excluding hydrogens is 128 g/mol. The molecule has 0 spiro atoms. The van der Waals surface area contributed by atoms with Crippen molar-refractivity contribution in [1.29, 1.82) is 0 Å². The summed E-state index contributed by atoms with van der Waals surface area (Å²) < 4.78 is 0. The maximum atomic E-state index is 9.11. The van der Waals surface area contributed by atoms with Crippen molar-refractivity contribution in [2.75, 3.05) is 0 Å². The molecule has 0 aliphatic heterocycles. The Hall–Kier alpha value is -0.600. The fourth-order valence-corrected chi connectivity index (χ4v) is 1.07. The predicted molar refractivity (Wildman–Crippen MR) is 39.5 cm³/mol. The highest BCUT2D eigenvalue weighted by molar-refractivity contribution is 5.29. The van der Waals surface area contributed by atoms with Gasteiger partial charge in [-0.05, 0) is 11.1 Å². The van der Waals surface area contributed by atoms with E-state index >= 15 is 0 Å². The Labute approximate surface area is 60.5 Å². The molecule has 1 aliphatic rings. The lowest BCUT2D eigenvalue weighted by Gasteiger charge is -2.26. The van der Waals surface area contributed by atoms with Crippen LogP contribution < -0.4 is 0 Å². The number of rotatable bonds is 0. The van der Waals surface area contributed by atoms with Crippen molar-refractivity contribution in [3.8, 4) is 0 Å². The summed E-state index contributed by atoms with van der Waals surface area (Å²) in [7, 11) is 0. The second-order valence-corrected chi connectivity index (χ2v) is 2.75. The van der Waals surface area contributed by atoms with Crippen LogP contribution in [0.3, 0.4) is 0 Å². The number of hydrogen-bond acceptors (Lipinski definition) is 2. The van der Waals surface area contributed by atoms with Gasteiger partial charge in [0.25, 0.3) is 0 Å². The highest BCUT2D eigenvalue weighted by atomic mass is 16.3. The van der Waals surface area contributed by atoms with Crippen molar-refractivity contribution in [3.05, 3.63) is 24.3 Å². The van der Waals surface area contributed by atoms with Crippen LogP contribution >= 0.6 is 0 Å². The number of hydrogen-bond donors (Lipinski definition) is 2. The number of aliphatic hydroxyl groups is 2. The normalized spacial score (nSPS) is 34.6. The van der Waals surface area contributed by atoms with E-state index in [1.54, 1.807) is 0 Å². The SMILES string of the molecule is C=C1CC(O)C(O)CC1=C. The molecule has 0 bridgehead atoms. The smallest absolute Gasteiger partial charge is 0.0842 e. The fraction of sp³-hybridized carbons (Fsp3) is 0.500. The first-order valence-electron chi connectivity index (χ1n) is 3.33. The van der Waals surface area contributed by atoms with Crippen LogP contribution in [0.1, 0.15) is 12.8 Å². The van der Waals surface area contributed by atoms with Crippen LogP contribution in [0.15, 0.2) is 24.3 Å². The van der Waals surface area contributed by atoms with Crippen LogP contribution in [0, 0.1) is 0 Å². The average molecular weight is 140 g/mol. The second-order valence-electron chi connectivity index (χ2n) is 2.75. The summed E-state index contributed by atoms with van der Waals surface area (Å²) in [6.45, 7) is 7.42. The Bertz CT molecular complexity index is 152. The topological polar surface area (TPSA) is 40.5 Å². The van der Waals surface area contributed by atoms with Gasteiger partial charge in [-0.25, -0.2) is 0 Å². The third kappa shape index (κ3) is 1.28. The zero-order chi connectivity index (χ0) is 7.72. The Kier molecular flexibility index (Phi) is 1.92. The van der Waals surface area contributed by atoms with Crippen molar-refractivity contribution in [3.63, 3.8) is 0 Å². The molecule has 10 heavy (non-hydrogen) atoms. The Balaban J connectivity index is 2.63.